The first-order valence-corrected chi connectivity index (χ1v) is 7.11. The zero-order valence-corrected chi connectivity index (χ0v) is 12.2. The molecule has 1 unspecified atom stereocenters. The van der Waals surface area contributed by atoms with Crippen molar-refractivity contribution in [2.75, 3.05) is 32.2 Å². The summed E-state index contributed by atoms with van der Waals surface area (Å²) in [5, 5.41) is 10.4. The highest BCUT2D eigenvalue weighted by molar-refractivity contribution is 9.09. The number of rotatable bonds is 3. The van der Waals surface area contributed by atoms with E-state index in [-0.39, 0.29) is 17.7 Å². The first kappa shape index (κ1) is 14.1. The summed E-state index contributed by atoms with van der Waals surface area (Å²) < 4.78 is 10.3. The molecule has 1 fully saturated rings. The third-order valence-corrected chi connectivity index (χ3v) is 3.84. The van der Waals surface area contributed by atoms with Crippen LogP contribution in [0.5, 0.6) is 11.5 Å². The largest absolute Gasteiger partial charge is 0.504 e. The third-order valence-electron chi connectivity index (χ3n) is 3.09. The number of aromatic hydroxyl groups is 1. The lowest BCUT2D eigenvalue weighted by Crippen LogP contribution is -2.49. The van der Waals surface area contributed by atoms with Gasteiger partial charge in [-0.25, -0.2) is 0 Å². The van der Waals surface area contributed by atoms with Gasteiger partial charge in [-0.3, -0.25) is 4.79 Å². The molecular formula is C13H16BrNO4. The quantitative estimate of drug-likeness (QED) is 0.856. The van der Waals surface area contributed by atoms with Crippen LogP contribution in [-0.4, -0.2) is 54.2 Å². The molecule has 19 heavy (non-hydrogen) atoms. The van der Waals surface area contributed by atoms with Gasteiger partial charge in [-0.15, -0.1) is 0 Å². The summed E-state index contributed by atoms with van der Waals surface area (Å²) in [7, 11) is 1.47. The van der Waals surface area contributed by atoms with Crippen LogP contribution in [0, 0.1) is 0 Å². The number of carbonyl (C=O) groups is 1. The molecule has 104 valence electrons. The molecule has 0 aliphatic carbocycles. The second kappa shape index (κ2) is 6.25. The van der Waals surface area contributed by atoms with E-state index in [1.54, 1.807) is 17.0 Å². The van der Waals surface area contributed by atoms with Crippen molar-refractivity contribution in [1.82, 2.24) is 4.90 Å². The van der Waals surface area contributed by atoms with E-state index in [4.69, 9.17) is 9.47 Å². The Morgan fingerprint density at radius 2 is 2.42 bits per heavy atom. The fourth-order valence-corrected chi connectivity index (χ4v) is 2.58. The summed E-state index contributed by atoms with van der Waals surface area (Å²) in [4.78, 5) is 14.2. The molecule has 1 atom stereocenters. The first-order chi connectivity index (χ1) is 9.17. The van der Waals surface area contributed by atoms with Crippen molar-refractivity contribution >= 4 is 21.8 Å². The van der Waals surface area contributed by atoms with Crippen LogP contribution < -0.4 is 4.74 Å². The first-order valence-electron chi connectivity index (χ1n) is 5.99. The number of halogens is 1. The van der Waals surface area contributed by atoms with Crippen molar-refractivity contribution in [3.05, 3.63) is 23.8 Å². The van der Waals surface area contributed by atoms with E-state index in [0.29, 0.717) is 36.4 Å². The Kier molecular flexibility index (Phi) is 4.66. The molecular weight excluding hydrogens is 314 g/mol. The van der Waals surface area contributed by atoms with Gasteiger partial charge in [0.25, 0.3) is 5.91 Å². The highest BCUT2D eigenvalue weighted by Gasteiger charge is 2.27. The zero-order chi connectivity index (χ0) is 13.8. The van der Waals surface area contributed by atoms with Crippen LogP contribution in [0.1, 0.15) is 10.4 Å². The number of phenols is 1. The molecule has 0 spiro atoms. The predicted octanol–water partition coefficient (Wildman–Crippen LogP) is 1.64. The molecule has 1 heterocycles. The number of benzene rings is 1. The highest BCUT2D eigenvalue weighted by atomic mass is 79.9. The number of phenolic OH excluding ortho intramolecular Hbond substituents is 1. The maximum atomic E-state index is 12.4. The van der Waals surface area contributed by atoms with Gasteiger partial charge in [-0.2, -0.15) is 0 Å². The van der Waals surface area contributed by atoms with E-state index in [2.05, 4.69) is 15.9 Å². The van der Waals surface area contributed by atoms with Crippen LogP contribution in [-0.2, 0) is 4.74 Å². The summed E-state index contributed by atoms with van der Waals surface area (Å²) in [6.07, 6.45) is 0. The minimum absolute atomic E-state index is 0.0190. The van der Waals surface area contributed by atoms with Crippen molar-refractivity contribution in [2.45, 2.75) is 6.04 Å². The van der Waals surface area contributed by atoms with Crippen molar-refractivity contribution in [3.63, 3.8) is 0 Å². The number of ether oxygens (including phenoxy) is 2. The number of methoxy groups -OCH3 is 1. The molecule has 1 N–H and O–H groups in total. The zero-order valence-electron chi connectivity index (χ0n) is 10.6. The Labute approximate surface area is 120 Å². The Morgan fingerprint density at radius 1 is 1.63 bits per heavy atom. The molecule has 1 aliphatic heterocycles. The molecule has 1 aromatic carbocycles. The number of amides is 1. The number of hydrogen-bond acceptors (Lipinski definition) is 4. The maximum absolute atomic E-state index is 12.4. The van der Waals surface area contributed by atoms with E-state index >= 15 is 0 Å². The van der Waals surface area contributed by atoms with Crippen LogP contribution in [0.25, 0.3) is 0 Å². The summed E-state index contributed by atoms with van der Waals surface area (Å²) in [6.45, 7) is 1.62. The van der Waals surface area contributed by atoms with Gasteiger partial charge in [-0.1, -0.05) is 15.9 Å². The second-order valence-corrected chi connectivity index (χ2v) is 4.92. The Balaban J connectivity index is 2.20. The molecule has 0 radical (unpaired) electrons. The lowest BCUT2D eigenvalue weighted by molar-refractivity contribution is 0.00523. The predicted molar refractivity (Wildman–Crippen MR) is 74.1 cm³/mol. The van der Waals surface area contributed by atoms with Gasteiger partial charge in [-0.05, 0) is 18.2 Å². The second-order valence-electron chi connectivity index (χ2n) is 4.27. The van der Waals surface area contributed by atoms with Gasteiger partial charge < -0.3 is 19.5 Å². The summed E-state index contributed by atoms with van der Waals surface area (Å²) in [6, 6.07) is 4.70. The van der Waals surface area contributed by atoms with Gasteiger partial charge in [0.1, 0.15) is 0 Å². The lowest BCUT2D eigenvalue weighted by Gasteiger charge is -2.34. The molecule has 2 rings (SSSR count). The fraction of sp³-hybridized carbons (Fsp3) is 0.462. The molecule has 1 aromatic rings. The maximum Gasteiger partial charge on any atom is 0.254 e. The van der Waals surface area contributed by atoms with E-state index in [1.165, 1.54) is 13.2 Å². The van der Waals surface area contributed by atoms with Gasteiger partial charge >= 0.3 is 0 Å². The van der Waals surface area contributed by atoms with Gasteiger partial charge in [0.15, 0.2) is 11.5 Å². The van der Waals surface area contributed by atoms with Gasteiger partial charge in [0.2, 0.25) is 0 Å². The standard InChI is InChI=1S/C13H16BrNO4/c1-18-12-3-2-9(6-11(12)16)13(17)15-4-5-19-8-10(15)7-14/h2-3,6,10,16H,4-5,7-8H2,1H3. The monoisotopic (exact) mass is 329 g/mol. The summed E-state index contributed by atoms with van der Waals surface area (Å²) >= 11 is 3.39. The van der Waals surface area contributed by atoms with Crippen molar-refractivity contribution in [1.29, 1.82) is 0 Å². The topological polar surface area (TPSA) is 59.0 Å². The summed E-state index contributed by atoms with van der Waals surface area (Å²) in [5.74, 6) is 0.221. The lowest BCUT2D eigenvalue weighted by atomic mass is 10.1. The minimum Gasteiger partial charge on any atom is -0.504 e. The van der Waals surface area contributed by atoms with Crippen LogP contribution >= 0.6 is 15.9 Å². The van der Waals surface area contributed by atoms with Crippen molar-refractivity contribution in [2.24, 2.45) is 0 Å². The Morgan fingerprint density at radius 3 is 3.05 bits per heavy atom. The molecule has 1 saturated heterocycles. The molecule has 0 bridgehead atoms. The minimum atomic E-state index is -0.106. The molecule has 1 aliphatic rings. The Hall–Kier alpha value is -1.27. The summed E-state index contributed by atoms with van der Waals surface area (Å²) in [5.41, 5.74) is 0.450. The number of alkyl halides is 1. The fourth-order valence-electron chi connectivity index (χ4n) is 2.04. The highest BCUT2D eigenvalue weighted by Crippen LogP contribution is 2.27. The van der Waals surface area contributed by atoms with E-state index in [9.17, 15) is 9.90 Å². The van der Waals surface area contributed by atoms with Gasteiger partial charge in [0, 0.05) is 17.4 Å². The SMILES string of the molecule is COc1ccc(C(=O)N2CCOCC2CBr)cc1O. The van der Waals surface area contributed by atoms with E-state index in [1.807, 2.05) is 0 Å². The molecule has 0 saturated carbocycles. The van der Waals surface area contributed by atoms with Crippen LogP contribution in [0.2, 0.25) is 0 Å². The van der Waals surface area contributed by atoms with E-state index in [0.717, 1.165) is 0 Å². The molecule has 1 amide bonds. The molecule has 0 aromatic heterocycles. The number of hydrogen-bond donors (Lipinski definition) is 1. The van der Waals surface area contributed by atoms with Crippen LogP contribution in [0.15, 0.2) is 18.2 Å². The van der Waals surface area contributed by atoms with Crippen LogP contribution in [0.4, 0.5) is 0 Å². The van der Waals surface area contributed by atoms with Crippen molar-refractivity contribution in [3.8, 4) is 11.5 Å². The smallest absolute Gasteiger partial charge is 0.254 e. The van der Waals surface area contributed by atoms with Crippen molar-refractivity contribution < 1.29 is 19.4 Å². The normalized spacial score (nSPS) is 19.3. The average Bonchev–Trinajstić information content (AvgIpc) is 2.46. The number of morpholine rings is 1. The van der Waals surface area contributed by atoms with Crippen LogP contribution in [0.3, 0.4) is 0 Å². The van der Waals surface area contributed by atoms with Gasteiger partial charge in [0.05, 0.1) is 26.4 Å². The van der Waals surface area contributed by atoms with E-state index < -0.39 is 0 Å². The Bertz CT molecular complexity index is 466. The molecule has 5 nitrogen and oxygen atoms in total. The third kappa shape index (κ3) is 3.01. The molecule has 6 heteroatoms. The number of nitrogens with zero attached hydrogens (tertiary/aromatic N) is 1. The number of carbonyl (C=O) groups excluding carboxylic acids is 1. The average molecular weight is 330 g/mol.